The second kappa shape index (κ2) is 23.1. The summed E-state index contributed by atoms with van der Waals surface area (Å²) in [5.74, 6) is 0. The largest absolute Gasteiger partial charge is 0.377 e. The molecule has 8 N–H and O–H groups in total. The van der Waals surface area contributed by atoms with Crippen molar-refractivity contribution in [2.75, 3.05) is 71.4 Å². The molecule has 0 bridgehead atoms. The third-order valence-electron chi connectivity index (χ3n) is 6.51. The van der Waals surface area contributed by atoms with Gasteiger partial charge >= 0.3 is 30.4 Å². The first-order valence-corrected chi connectivity index (χ1v) is 22.7. The predicted molar refractivity (Wildman–Crippen MR) is 178 cm³/mol. The van der Waals surface area contributed by atoms with E-state index in [0.29, 0.717) is 0 Å². The lowest BCUT2D eigenvalue weighted by Crippen LogP contribution is -2.39. The standard InChI is InChI=1S/C25H58N2O18P4/c1-19(26(15-46(28,29)30)16-47(31,32)33)8-40-10-21(3)42-12-23(5)44-14-25(7)45-13-24(6)43-11-22(4)41-9-20(2)27(17-48(34,35)36)18-49(37,38)39/h19-25H,8-18H2,1-7H3,(H2,28,29,30)(H2,31,32,33)(H2,34,35,36)(H2,37,38,39). The Balaban J connectivity index is 4.34. The molecule has 24 heteroatoms. The Labute approximate surface area is 288 Å². The van der Waals surface area contributed by atoms with Crippen molar-refractivity contribution in [1.82, 2.24) is 9.80 Å². The molecule has 0 fully saturated rings. The zero-order valence-corrected chi connectivity index (χ0v) is 32.7. The quantitative estimate of drug-likeness (QED) is 0.0489. The molecular formula is C25H58N2O18P4. The Morgan fingerprint density at radius 2 is 0.612 bits per heavy atom. The molecular weight excluding hydrogens is 740 g/mol. The Kier molecular flexibility index (Phi) is 23.3. The molecule has 7 unspecified atom stereocenters. The van der Waals surface area contributed by atoms with E-state index < -0.39 is 73.7 Å². The van der Waals surface area contributed by atoms with Crippen LogP contribution >= 0.6 is 30.4 Å². The summed E-state index contributed by atoms with van der Waals surface area (Å²) in [4.78, 5) is 75.8. The minimum absolute atomic E-state index is 0.0374. The van der Waals surface area contributed by atoms with Gasteiger partial charge in [-0.25, -0.2) is 0 Å². The van der Waals surface area contributed by atoms with Crippen LogP contribution in [-0.4, -0.2) is 163 Å². The normalized spacial score (nSPS) is 18.0. The van der Waals surface area contributed by atoms with E-state index in [1.54, 1.807) is 27.7 Å². The highest BCUT2D eigenvalue weighted by Gasteiger charge is 2.31. The van der Waals surface area contributed by atoms with Gasteiger partial charge in [0.2, 0.25) is 0 Å². The van der Waals surface area contributed by atoms with Crippen molar-refractivity contribution < 1.29 is 85.8 Å². The maximum Gasteiger partial charge on any atom is 0.339 e. The third kappa shape index (κ3) is 29.4. The fourth-order valence-corrected chi connectivity index (χ4v) is 7.68. The Morgan fingerprint density at radius 1 is 0.388 bits per heavy atom. The maximum atomic E-state index is 11.4. The second-order valence-electron chi connectivity index (χ2n) is 12.4. The monoisotopic (exact) mass is 798 g/mol. The van der Waals surface area contributed by atoms with E-state index in [-0.39, 0.29) is 70.7 Å². The average molecular weight is 799 g/mol. The summed E-state index contributed by atoms with van der Waals surface area (Å²) >= 11 is 0. The molecule has 0 aliphatic carbocycles. The molecule has 0 aliphatic rings. The highest BCUT2D eigenvalue weighted by molar-refractivity contribution is 7.53. The predicted octanol–water partition coefficient (Wildman–Crippen LogP) is 0.950. The topological polar surface area (TPSA) is 292 Å². The molecule has 0 aromatic rings. The molecule has 20 nitrogen and oxygen atoms in total. The molecule has 0 spiro atoms. The van der Waals surface area contributed by atoms with Crippen LogP contribution in [0.3, 0.4) is 0 Å². The van der Waals surface area contributed by atoms with Crippen LogP contribution in [0.5, 0.6) is 0 Å². The molecule has 0 saturated heterocycles. The molecule has 0 rings (SSSR count). The van der Waals surface area contributed by atoms with Crippen molar-refractivity contribution in [2.45, 2.75) is 91.1 Å². The number of nitrogens with zero attached hydrogens (tertiary/aromatic N) is 2. The van der Waals surface area contributed by atoms with Gasteiger partial charge in [-0.15, -0.1) is 0 Å². The average Bonchev–Trinajstić information content (AvgIpc) is 2.91. The summed E-state index contributed by atoms with van der Waals surface area (Å²) in [5.41, 5.74) is 0. The molecule has 0 radical (unpaired) electrons. The van der Waals surface area contributed by atoms with Crippen LogP contribution in [0.2, 0.25) is 0 Å². The third-order valence-corrected chi connectivity index (χ3v) is 9.43. The van der Waals surface area contributed by atoms with Crippen LogP contribution in [0, 0.1) is 0 Å². The number of ether oxygens (including phenoxy) is 6. The molecule has 0 saturated carbocycles. The second-order valence-corrected chi connectivity index (χ2v) is 18.8. The molecule has 296 valence electrons. The summed E-state index contributed by atoms with van der Waals surface area (Å²) < 4.78 is 79.7. The van der Waals surface area contributed by atoms with Crippen LogP contribution in [0.15, 0.2) is 0 Å². The lowest BCUT2D eigenvalue weighted by molar-refractivity contribution is -0.101. The van der Waals surface area contributed by atoms with E-state index in [2.05, 4.69) is 0 Å². The Morgan fingerprint density at radius 3 is 0.878 bits per heavy atom. The minimum Gasteiger partial charge on any atom is -0.377 e. The molecule has 0 amide bonds. The van der Waals surface area contributed by atoms with Gasteiger partial charge < -0.3 is 67.6 Å². The van der Waals surface area contributed by atoms with Gasteiger partial charge in [0.15, 0.2) is 0 Å². The highest BCUT2D eigenvalue weighted by atomic mass is 31.2. The van der Waals surface area contributed by atoms with Gasteiger partial charge in [0.25, 0.3) is 0 Å². The van der Waals surface area contributed by atoms with E-state index in [1.807, 2.05) is 13.8 Å². The lowest BCUT2D eigenvalue weighted by atomic mass is 10.3. The first-order valence-electron chi connectivity index (χ1n) is 15.5. The van der Waals surface area contributed by atoms with Gasteiger partial charge in [-0.3, -0.25) is 28.1 Å². The minimum atomic E-state index is -4.56. The SMILES string of the molecule is CC(COCC(C)N(CP(=O)(O)O)CP(=O)(O)O)OCC(C)OCC(C)OCC(C)OCC(C)OCC(C)N(CP(=O)(O)O)CP(=O)(O)O. The van der Waals surface area contributed by atoms with Gasteiger partial charge in [0.05, 0.1) is 76.8 Å². The summed E-state index contributed by atoms with van der Waals surface area (Å²) in [6, 6.07) is -1.37. The van der Waals surface area contributed by atoms with Crippen molar-refractivity contribution in [2.24, 2.45) is 0 Å². The van der Waals surface area contributed by atoms with E-state index in [1.165, 1.54) is 6.92 Å². The number of hydrogen-bond donors (Lipinski definition) is 8. The van der Waals surface area contributed by atoms with Crippen LogP contribution < -0.4 is 0 Å². The summed E-state index contributed by atoms with van der Waals surface area (Å²) in [5, 5.41) is 0. The van der Waals surface area contributed by atoms with Crippen molar-refractivity contribution in [3.63, 3.8) is 0 Å². The van der Waals surface area contributed by atoms with Crippen LogP contribution in [0.4, 0.5) is 0 Å². The molecule has 49 heavy (non-hydrogen) atoms. The summed E-state index contributed by atoms with van der Waals surface area (Å²) in [7, 11) is -18.2. The lowest BCUT2D eigenvalue weighted by Gasteiger charge is -2.30. The molecule has 0 aromatic heterocycles. The Bertz CT molecular complexity index is 1050. The first-order chi connectivity index (χ1) is 22.2. The van der Waals surface area contributed by atoms with Crippen LogP contribution in [0.1, 0.15) is 48.5 Å². The van der Waals surface area contributed by atoms with Crippen molar-refractivity contribution in [3.05, 3.63) is 0 Å². The molecule has 7 atom stereocenters. The van der Waals surface area contributed by atoms with Gasteiger partial charge in [0, 0.05) is 12.1 Å². The van der Waals surface area contributed by atoms with Crippen molar-refractivity contribution in [3.8, 4) is 0 Å². The molecule has 0 aliphatic heterocycles. The molecule has 0 aromatic carbocycles. The number of rotatable bonds is 29. The zero-order chi connectivity index (χ0) is 38.2. The summed E-state index contributed by atoms with van der Waals surface area (Å²) in [6.07, 6.45) is -4.93. The fourth-order valence-electron chi connectivity index (χ4n) is 3.95. The maximum absolute atomic E-state index is 11.4. The van der Waals surface area contributed by atoms with Crippen molar-refractivity contribution in [1.29, 1.82) is 0 Å². The smallest absolute Gasteiger partial charge is 0.339 e. The van der Waals surface area contributed by atoms with Crippen molar-refractivity contribution >= 4 is 30.4 Å². The number of hydrogen-bond acceptors (Lipinski definition) is 12. The summed E-state index contributed by atoms with van der Waals surface area (Å²) in [6.45, 7) is 13.0. The van der Waals surface area contributed by atoms with E-state index in [9.17, 15) is 57.4 Å². The van der Waals surface area contributed by atoms with Crippen LogP contribution in [0.25, 0.3) is 0 Å². The first kappa shape index (κ1) is 49.3. The van der Waals surface area contributed by atoms with E-state index >= 15 is 0 Å². The van der Waals surface area contributed by atoms with Gasteiger partial charge in [-0.1, -0.05) is 0 Å². The van der Waals surface area contributed by atoms with Gasteiger partial charge in [-0.05, 0) is 48.5 Å². The van der Waals surface area contributed by atoms with Gasteiger partial charge in [0.1, 0.15) is 25.1 Å². The Hall–Kier alpha value is 0.280. The van der Waals surface area contributed by atoms with E-state index in [4.69, 9.17) is 28.4 Å². The van der Waals surface area contributed by atoms with Gasteiger partial charge in [-0.2, -0.15) is 0 Å². The van der Waals surface area contributed by atoms with E-state index in [0.717, 1.165) is 9.80 Å². The highest BCUT2D eigenvalue weighted by Crippen LogP contribution is 2.42. The van der Waals surface area contributed by atoms with Crippen LogP contribution in [-0.2, 0) is 46.7 Å². The molecule has 0 heterocycles. The zero-order valence-electron chi connectivity index (χ0n) is 29.2. The fraction of sp³-hybridized carbons (Fsp3) is 1.00.